The van der Waals surface area contributed by atoms with Crippen LogP contribution in [0.4, 0.5) is 0 Å². The minimum Gasteiger partial charge on any atom is -0.396 e. The number of nitrogens with one attached hydrogen (secondary N) is 1. The van der Waals surface area contributed by atoms with Gasteiger partial charge in [-0.25, -0.2) is 0 Å². The van der Waals surface area contributed by atoms with Gasteiger partial charge in [0.15, 0.2) is 0 Å². The van der Waals surface area contributed by atoms with Crippen molar-refractivity contribution in [2.24, 2.45) is 0 Å². The zero-order chi connectivity index (χ0) is 17.4. The highest BCUT2D eigenvalue weighted by atomic mass is 16.3. The Bertz CT molecular complexity index is 562. The number of aliphatic hydroxyl groups is 1. The van der Waals surface area contributed by atoms with Crippen LogP contribution in [0.3, 0.4) is 0 Å². The number of rotatable bonds is 7. The standard InChI is InChI=1S/C19H27N3O2/c1-22(19(15-20)11-6-3-7-12-19)18(24)14-21-17(10-13-23)16-8-4-2-5-9-16/h2,4-5,8-9,17,21,23H,3,6-7,10-14H2,1H3. The van der Waals surface area contributed by atoms with E-state index in [2.05, 4.69) is 11.4 Å². The minimum absolute atomic E-state index is 0.0543. The average Bonchev–Trinajstić information content (AvgIpc) is 2.65. The van der Waals surface area contributed by atoms with Crippen LogP contribution in [0, 0.1) is 11.3 Å². The first-order valence-electron chi connectivity index (χ1n) is 8.70. The van der Waals surface area contributed by atoms with Gasteiger partial charge in [0.05, 0.1) is 12.6 Å². The van der Waals surface area contributed by atoms with Gasteiger partial charge in [0.25, 0.3) is 0 Å². The van der Waals surface area contributed by atoms with E-state index in [1.54, 1.807) is 11.9 Å². The second-order valence-electron chi connectivity index (χ2n) is 6.51. The van der Waals surface area contributed by atoms with Crippen molar-refractivity contribution < 1.29 is 9.90 Å². The predicted octanol–water partition coefficient (Wildman–Crippen LogP) is 2.38. The molecule has 130 valence electrons. The number of carbonyl (C=O) groups excluding carboxylic acids is 1. The Morgan fingerprint density at radius 2 is 2.00 bits per heavy atom. The molecule has 1 fully saturated rings. The second kappa shape index (κ2) is 8.81. The topological polar surface area (TPSA) is 76.4 Å². The Morgan fingerprint density at radius 3 is 2.58 bits per heavy atom. The van der Waals surface area contributed by atoms with E-state index in [0.717, 1.165) is 37.7 Å². The van der Waals surface area contributed by atoms with Crippen molar-refractivity contribution in [1.29, 1.82) is 5.26 Å². The number of likely N-dealkylation sites (N-methyl/N-ethyl adjacent to an activating group) is 1. The summed E-state index contributed by atoms with van der Waals surface area (Å²) in [4.78, 5) is 14.2. The van der Waals surface area contributed by atoms with E-state index in [9.17, 15) is 15.2 Å². The molecule has 2 rings (SSSR count). The van der Waals surface area contributed by atoms with E-state index in [0.29, 0.717) is 6.42 Å². The molecule has 0 spiro atoms. The molecular formula is C19H27N3O2. The molecule has 1 amide bonds. The molecule has 1 aromatic rings. The van der Waals surface area contributed by atoms with Gasteiger partial charge in [-0.05, 0) is 24.8 Å². The van der Waals surface area contributed by atoms with E-state index >= 15 is 0 Å². The lowest BCUT2D eigenvalue weighted by Gasteiger charge is -2.39. The van der Waals surface area contributed by atoms with E-state index in [1.807, 2.05) is 30.3 Å². The molecule has 5 heteroatoms. The third-order valence-corrected chi connectivity index (χ3v) is 5.02. The van der Waals surface area contributed by atoms with Gasteiger partial charge in [0.2, 0.25) is 5.91 Å². The Hall–Kier alpha value is -1.90. The van der Waals surface area contributed by atoms with Crippen molar-refractivity contribution in [3.05, 3.63) is 35.9 Å². The fourth-order valence-electron chi connectivity index (χ4n) is 3.43. The summed E-state index contributed by atoms with van der Waals surface area (Å²) in [6.07, 6.45) is 5.18. The lowest BCUT2D eigenvalue weighted by atomic mass is 9.81. The van der Waals surface area contributed by atoms with Crippen LogP contribution in [-0.2, 0) is 4.79 Å². The molecule has 1 aliphatic rings. The van der Waals surface area contributed by atoms with Gasteiger partial charge in [-0.2, -0.15) is 5.26 Å². The molecular weight excluding hydrogens is 302 g/mol. The van der Waals surface area contributed by atoms with Crippen molar-refractivity contribution >= 4 is 5.91 Å². The molecule has 0 aliphatic heterocycles. The monoisotopic (exact) mass is 329 g/mol. The summed E-state index contributed by atoms with van der Waals surface area (Å²) in [5.74, 6) is -0.0719. The Kier molecular flexibility index (Phi) is 6.77. The highest BCUT2D eigenvalue weighted by molar-refractivity contribution is 5.79. The lowest BCUT2D eigenvalue weighted by Crippen LogP contribution is -2.52. The summed E-state index contributed by atoms with van der Waals surface area (Å²) >= 11 is 0. The maximum Gasteiger partial charge on any atom is 0.237 e. The number of amides is 1. The molecule has 24 heavy (non-hydrogen) atoms. The van der Waals surface area contributed by atoms with Crippen molar-refractivity contribution in [2.45, 2.75) is 50.1 Å². The molecule has 0 heterocycles. The van der Waals surface area contributed by atoms with Gasteiger partial charge in [0, 0.05) is 19.7 Å². The van der Waals surface area contributed by atoms with Crippen molar-refractivity contribution in [3.8, 4) is 6.07 Å². The summed E-state index contributed by atoms with van der Waals surface area (Å²) in [7, 11) is 1.74. The number of hydrogen-bond donors (Lipinski definition) is 2. The van der Waals surface area contributed by atoms with E-state index in [-0.39, 0.29) is 25.1 Å². The van der Waals surface area contributed by atoms with Gasteiger partial charge >= 0.3 is 0 Å². The third kappa shape index (κ3) is 4.34. The molecule has 2 N–H and O–H groups in total. The molecule has 0 bridgehead atoms. The predicted molar refractivity (Wildman–Crippen MR) is 93.1 cm³/mol. The molecule has 1 atom stereocenters. The Labute approximate surface area is 144 Å². The number of nitrogens with zero attached hydrogens (tertiary/aromatic N) is 2. The molecule has 0 aromatic heterocycles. The smallest absolute Gasteiger partial charge is 0.237 e. The van der Waals surface area contributed by atoms with Crippen LogP contribution >= 0.6 is 0 Å². The first kappa shape index (κ1) is 18.4. The van der Waals surface area contributed by atoms with Crippen LogP contribution in [0.5, 0.6) is 0 Å². The SMILES string of the molecule is CN(C(=O)CNC(CCO)c1ccccc1)C1(C#N)CCCCC1. The van der Waals surface area contributed by atoms with Crippen LogP contribution in [-0.4, -0.2) is 41.7 Å². The summed E-state index contributed by atoms with van der Waals surface area (Å²) in [5, 5.41) is 22.1. The fourth-order valence-corrected chi connectivity index (χ4v) is 3.43. The summed E-state index contributed by atoms with van der Waals surface area (Å²) in [6, 6.07) is 12.1. The van der Waals surface area contributed by atoms with Gasteiger partial charge in [-0.1, -0.05) is 49.6 Å². The highest BCUT2D eigenvalue weighted by Crippen LogP contribution is 2.32. The van der Waals surface area contributed by atoms with E-state index in [4.69, 9.17) is 0 Å². The first-order chi connectivity index (χ1) is 11.6. The first-order valence-corrected chi connectivity index (χ1v) is 8.70. The number of hydrogen-bond acceptors (Lipinski definition) is 4. The zero-order valence-corrected chi connectivity index (χ0v) is 14.4. The molecule has 1 aromatic carbocycles. The molecule has 1 unspecified atom stereocenters. The third-order valence-electron chi connectivity index (χ3n) is 5.02. The van der Waals surface area contributed by atoms with Crippen molar-refractivity contribution in [2.75, 3.05) is 20.2 Å². The molecule has 0 saturated heterocycles. The quantitative estimate of drug-likeness (QED) is 0.805. The van der Waals surface area contributed by atoms with Crippen LogP contribution in [0.1, 0.15) is 50.1 Å². The van der Waals surface area contributed by atoms with Crippen LogP contribution < -0.4 is 5.32 Å². The fraction of sp³-hybridized carbons (Fsp3) is 0.579. The number of benzene rings is 1. The van der Waals surface area contributed by atoms with Gasteiger partial charge in [-0.15, -0.1) is 0 Å². The van der Waals surface area contributed by atoms with Crippen LogP contribution in [0.25, 0.3) is 0 Å². The highest BCUT2D eigenvalue weighted by Gasteiger charge is 2.38. The Balaban J connectivity index is 1.98. The lowest BCUT2D eigenvalue weighted by molar-refractivity contribution is -0.134. The number of aliphatic hydroxyl groups excluding tert-OH is 1. The van der Waals surface area contributed by atoms with Gasteiger partial charge in [-0.3, -0.25) is 4.79 Å². The van der Waals surface area contributed by atoms with E-state index in [1.165, 1.54) is 0 Å². The average molecular weight is 329 g/mol. The summed E-state index contributed by atoms with van der Waals surface area (Å²) < 4.78 is 0. The van der Waals surface area contributed by atoms with E-state index < -0.39 is 5.54 Å². The molecule has 1 saturated carbocycles. The van der Waals surface area contributed by atoms with Crippen molar-refractivity contribution in [1.82, 2.24) is 10.2 Å². The second-order valence-corrected chi connectivity index (χ2v) is 6.51. The van der Waals surface area contributed by atoms with Crippen LogP contribution in [0.2, 0.25) is 0 Å². The maximum absolute atomic E-state index is 12.6. The summed E-state index contributed by atoms with van der Waals surface area (Å²) in [5.41, 5.74) is 0.394. The zero-order valence-electron chi connectivity index (χ0n) is 14.4. The molecule has 0 radical (unpaired) electrons. The molecule has 5 nitrogen and oxygen atoms in total. The molecule has 1 aliphatic carbocycles. The van der Waals surface area contributed by atoms with Crippen molar-refractivity contribution in [3.63, 3.8) is 0 Å². The minimum atomic E-state index is -0.657. The maximum atomic E-state index is 12.6. The van der Waals surface area contributed by atoms with Gasteiger partial charge < -0.3 is 15.3 Å². The Morgan fingerprint density at radius 1 is 1.33 bits per heavy atom. The van der Waals surface area contributed by atoms with Gasteiger partial charge in [0.1, 0.15) is 5.54 Å². The number of nitriles is 1. The normalized spacial score (nSPS) is 17.7. The number of carbonyl (C=O) groups is 1. The van der Waals surface area contributed by atoms with Crippen LogP contribution in [0.15, 0.2) is 30.3 Å². The summed E-state index contributed by atoms with van der Waals surface area (Å²) in [6.45, 7) is 0.220. The largest absolute Gasteiger partial charge is 0.396 e.